The molecular weight excluding hydrogens is 158 g/mol. The molecule has 1 aromatic rings. The minimum absolute atomic E-state index is 1.03. The molecule has 0 fully saturated rings. The summed E-state index contributed by atoms with van der Waals surface area (Å²) in [7, 11) is 0. The van der Waals surface area contributed by atoms with Crippen LogP contribution in [0.1, 0.15) is 5.56 Å². The van der Waals surface area contributed by atoms with E-state index in [2.05, 4.69) is 47.4 Å². The van der Waals surface area contributed by atoms with Crippen LogP contribution < -0.4 is 4.90 Å². The molecule has 2 aliphatic heterocycles. The van der Waals surface area contributed by atoms with Gasteiger partial charge >= 0.3 is 0 Å². The number of rotatable bonds is 0. The SMILES string of the molecule is C1=CCN2C(=C1)Cc1ccccc12. The number of allylic oxidation sites excluding steroid dienone is 3. The van der Waals surface area contributed by atoms with E-state index in [0.29, 0.717) is 0 Å². The fourth-order valence-corrected chi connectivity index (χ4v) is 2.08. The minimum atomic E-state index is 1.03. The van der Waals surface area contributed by atoms with Crippen LogP contribution in [0.15, 0.2) is 48.2 Å². The largest absolute Gasteiger partial charge is 0.341 e. The van der Waals surface area contributed by atoms with Gasteiger partial charge in [-0.25, -0.2) is 0 Å². The third kappa shape index (κ3) is 0.934. The zero-order chi connectivity index (χ0) is 8.67. The van der Waals surface area contributed by atoms with Crippen LogP contribution in [0.2, 0.25) is 0 Å². The lowest BCUT2D eigenvalue weighted by Gasteiger charge is -2.21. The maximum atomic E-state index is 2.38. The van der Waals surface area contributed by atoms with Crippen molar-refractivity contribution >= 4 is 5.69 Å². The van der Waals surface area contributed by atoms with E-state index in [9.17, 15) is 0 Å². The van der Waals surface area contributed by atoms with Crippen molar-refractivity contribution in [3.63, 3.8) is 0 Å². The second kappa shape index (κ2) is 2.49. The molecule has 1 aromatic carbocycles. The molecule has 0 radical (unpaired) electrons. The van der Waals surface area contributed by atoms with Gasteiger partial charge < -0.3 is 4.90 Å². The van der Waals surface area contributed by atoms with E-state index in [4.69, 9.17) is 0 Å². The average Bonchev–Trinajstić information content (AvgIpc) is 2.56. The summed E-state index contributed by atoms with van der Waals surface area (Å²) in [5.74, 6) is 0. The first-order chi connectivity index (χ1) is 6.45. The number of nitrogens with zero attached hydrogens (tertiary/aromatic N) is 1. The van der Waals surface area contributed by atoms with Crippen LogP contribution in [-0.2, 0) is 6.42 Å². The van der Waals surface area contributed by atoms with Gasteiger partial charge in [0.15, 0.2) is 0 Å². The van der Waals surface area contributed by atoms with E-state index in [1.54, 1.807) is 0 Å². The molecule has 0 bridgehead atoms. The summed E-state index contributed by atoms with van der Waals surface area (Å²) < 4.78 is 0. The van der Waals surface area contributed by atoms with Gasteiger partial charge in [-0.15, -0.1) is 0 Å². The monoisotopic (exact) mass is 169 g/mol. The zero-order valence-electron chi connectivity index (χ0n) is 7.40. The smallest absolute Gasteiger partial charge is 0.0447 e. The Kier molecular flexibility index (Phi) is 1.33. The van der Waals surface area contributed by atoms with Gasteiger partial charge in [0.25, 0.3) is 0 Å². The summed E-state index contributed by atoms with van der Waals surface area (Å²) in [5.41, 5.74) is 4.28. The van der Waals surface area contributed by atoms with Gasteiger partial charge in [-0.3, -0.25) is 0 Å². The van der Waals surface area contributed by atoms with E-state index in [0.717, 1.165) is 13.0 Å². The molecule has 0 amide bonds. The van der Waals surface area contributed by atoms with Gasteiger partial charge in [-0.1, -0.05) is 30.4 Å². The van der Waals surface area contributed by atoms with Gasteiger partial charge in [-0.2, -0.15) is 0 Å². The first kappa shape index (κ1) is 6.96. The average molecular weight is 169 g/mol. The highest BCUT2D eigenvalue weighted by atomic mass is 15.2. The van der Waals surface area contributed by atoms with Gasteiger partial charge in [-0.05, 0) is 17.7 Å². The number of fused-ring (bicyclic) bond motifs is 3. The van der Waals surface area contributed by atoms with E-state index in [1.165, 1.54) is 16.9 Å². The van der Waals surface area contributed by atoms with Crippen LogP contribution in [0, 0.1) is 0 Å². The van der Waals surface area contributed by atoms with Crippen molar-refractivity contribution in [3.8, 4) is 0 Å². The summed E-state index contributed by atoms with van der Waals surface area (Å²) in [6.45, 7) is 1.03. The second-order valence-electron chi connectivity index (χ2n) is 3.50. The Morgan fingerprint density at radius 1 is 1.15 bits per heavy atom. The molecule has 0 aromatic heterocycles. The maximum absolute atomic E-state index is 2.38. The quantitative estimate of drug-likeness (QED) is 0.576. The number of hydrogen-bond acceptors (Lipinski definition) is 1. The molecular formula is C12H11N. The Hall–Kier alpha value is -1.50. The standard InChI is InChI=1S/C12H11N/c1-2-7-12-10(5-1)9-11-6-3-4-8-13(11)12/h1-7H,8-9H2. The Balaban J connectivity index is 2.14. The summed E-state index contributed by atoms with van der Waals surface area (Å²) in [6.07, 6.45) is 7.66. The molecule has 0 saturated heterocycles. The fraction of sp³-hybridized carbons (Fsp3) is 0.167. The topological polar surface area (TPSA) is 3.24 Å². The van der Waals surface area contributed by atoms with Crippen molar-refractivity contribution in [2.45, 2.75) is 6.42 Å². The molecule has 0 N–H and O–H groups in total. The van der Waals surface area contributed by atoms with E-state index in [1.807, 2.05) is 0 Å². The van der Waals surface area contributed by atoms with E-state index in [-0.39, 0.29) is 0 Å². The number of anilines is 1. The van der Waals surface area contributed by atoms with E-state index >= 15 is 0 Å². The van der Waals surface area contributed by atoms with Crippen LogP contribution in [0.5, 0.6) is 0 Å². The third-order valence-electron chi connectivity index (χ3n) is 2.71. The number of benzene rings is 1. The lowest BCUT2D eigenvalue weighted by molar-refractivity contribution is 1.00. The predicted octanol–water partition coefficient (Wildman–Crippen LogP) is 2.50. The van der Waals surface area contributed by atoms with E-state index < -0.39 is 0 Å². The highest BCUT2D eigenvalue weighted by molar-refractivity contribution is 5.66. The Bertz CT molecular complexity index is 401. The van der Waals surface area contributed by atoms with Crippen molar-refractivity contribution in [3.05, 3.63) is 53.8 Å². The van der Waals surface area contributed by atoms with Crippen molar-refractivity contribution in [1.82, 2.24) is 0 Å². The van der Waals surface area contributed by atoms with Crippen LogP contribution in [0.4, 0.5) is 5.69 Å². The minimum Gasteiger partial charge on any atom is -0.341 e. The third-order valence-corrected chi connectivity index (χ3v) is 2.71. The molecule has 0 atom stereocenters. The molecule has 0 aliphatic carbocycles. The van der Waals surface area contributed by atoms with Crippen molar-refractivity contribution in [1.29, 1.82) is 0 Å². The van der Waals surface area contributed by atoms with Crippen molar-refractivity contribution in [2.75, 3.05) is 11.4 Å². The molecule has 64 valence electrons. The fourth-order valence-electron chi connectivity index (χ4n) is 2.08. The number of para-hydroxylation sites is 1. The van der Waals surface area contributed by atoms with Gasteiger partial charge in [0.2, 0.25) is 0 Å². The van der Waals surface area contributed by atoms with Crippen LogP contribution in [0.3, 0.4) is 0 Å². The Morgan fingerprint density at radius 3 is 3.08 bits per heavy atom. The molecule has 3 rings (SSSR count). The van der Waals surface area contributed by atoms with Gasteiger partial charge in [0.05, 0.1) is 0 Å². The molecule has 13 heavy (non-hydrogen) atoms. The zero-order valence-corrected chi connectivity index (χ0v) is 7.40. The van der Waals surface area contributed by atoms with Gasteiger partial charge in [0, 0.05) is 24.4 Å². The molecule has 2 heterocycles. The summed E-state index contributed by atoms with van der Waals surface area (Å²) in [6, 6.07) is 8.65. The number of hydrogen-bond donors (Lipinski definition) is 0. The van der Waals surface area contributed by atoms with Crippen LogP contribution in [-0.4, -0.2) is 6.54 Å². The van der Waals surface area contributed by atoms with Crippen molar-refractivity contribution < 1.29 is 0 Å². The van der Waals surface area contributed by atoms with Crippen LogP contribution >= 0.6 is 0 Å². The molecule has 0 saturated carbocycles. The summed E-state index contributed by atoms with van der Waals surface area (Å²) in [4.78, 5) is 2.38. The Morgan fingerprint density at radius 2 is 2.08 bits per heavy atom. The molecule has 2 aliphatic rings. The first-order valence-corrected chi connectivity index (χ1v) is 4.66. The second-order valence-corrected chi connectivity index (χ2v) is 3.50. The molecule has 0 unspecified atom stereocenters. The molecule has 1 heteroatoms. The normalized spacial score (nSPS) is 18.2. The van der Waals surface area contributed by atoms with Crippen LogP contribution in [0.25, 0.3) is 0 Å². The highest BCUT2D eigenvalue weighted by Crippen LogP contribution is 2.34. The highest BCUT2D eigenvalue weighted by Gasteiger charge is 2.22. The summed E-state index contributed by atoms with van der Waals surface area (Å²) >= 11 is 0. The molecule has 0 spiro atoms. The molecule has 1 nitrogen and oxygen atoms in total. The lowest BCUT2D eigenvalue weighted by Crippen LogP contribution is -2.20. The van der Waals surface area contributed by atoms with Gasteiger partial charge in [0.1, 0.15) is 0 Å². The predicted molar refractivity (Wildman–Crippen MR) is 54.7 cm³/mol. The maximum Gasteiger partial charge on any atom is 0.0447 e. The first-order valence-electron chi connectivity index (χ1n) is 4.66. The summed E-state index contributed by atoms with van der Waals surface area (Å²) in [5, 5.41) is 0. The van der Waals surface area contributed by atoms with Crippen molar-refractivity contribution in [2.24, 2.45) is 0 Å². The Labute approximate surface area is 78.0 Å². The lowest BCUT2D eigenvalue weighted by atomic mass is 10.1.